The highest BCUT2D eigenvalue weighted by Crippen LogP contribution is 2.26. The second-order valence-electron chi connectivity index (χ2n) is 4.23. The number of sulfonamides is 1. The van der Waals surface area contributed by atoms with E-state index in [0.29, 0.717) is 11.3 Å². The van der Waals surface area contributed by atoms with Crippen LogP contribution in [0.4, 0.5) is 11.5 Å². The lowest BCUT2D eigenvalue weighted by molar-refractivity contribution is 0.594. The van der Waals surface area contributed by atoms with Crippen LogP contribution in [-0.4, -0.2) is 27.5 Å². The number of nitriles is 1. The standard InChI is InChI=1S/C14H14N4O2S/c1-16-14-13(7-4-8-17-14)21(19,20)18(2)12-6-3-5-11(9-12)10-15/h3-9H,1-2H3,(H,16,17). The fraction of sp³-hybridized carbons (Fsp3) is 0.143. The zero-order chi connectivity index (χ0) is 15.5. The highest BCUT2D eigenvalue weighted by molar-refractivity contribution is 7.93. The molecule has 0 aliphatic carbocycles. The normalized spacial score (nSPS) is 10.7. The average Bonchev–Trinajstić information content (AvgIpc) is 2.54. The minimum Gasteiger partial charge on any atom is -0.372 e. The molecular weight excluding hydrogens is 288 g/mol. The van der Waals surface area contributed by atoms with Crippen molar-refractivity contribution in [3.8, 4) is 6.07 Å². The Morgan fingerprint density at radius 3 is 2.71 bits per heavy atom. The Hall–Kier alpha value is -2.59. The van der Waals surface area contributed by atoms with Crippen molar-refractivity contribution in [1.29, 1.82) is 5.26 Å². The van der Waals surface area contributed by atoms with E-state index < -0.39 is 10.0 Å². The Morgan fingerprint density at radius 2 is 2.05 bits per heavy atom. The van der Waals surface area contributed by atoms with Gasteiger partial charge < -0.3 is 5.32 Å². The number of benzene rings is 1. The topological polar surface area (TPSA) is 86.1 Å². The monoisotopic (exact) mass is 302 g/mol. The molecule has 7 heteroatoms. The van der Waals surface area contributed by atoms with E-state index in [1.54, 1.807) is 31.3 Å². The van der Waals surface area contributed by atoms with Crippen molar-refractivity contribution >= 4 is 21.5 Å². The summed E-state index contributed by atoms with van der Waals surface area (Å²) >= 11 is 0. The summed E-state index contributed by atoms with van der Waals surface area (Å²) in [6.45, 7) is 0. The number of anilines is 2. The molecule has 0 saturated carbocycles. The Morgan fingerprint density at radius 1 is 1.29 bits per heavy atom. The first kappa shape index (κ1) is 14.8. The van der Waals surface area contributed by atoms with Crippen LogP contribution in [0.15, 0.2) is 47.5 Å². The lowest BCUT2D eigenvalue weighted by Crippen LogP contribution is -2.27. The van der Waals surface area contributed by atoms with Gasteiger partial charge in [-0.2, -0.15) is 5.26 Å². The fourth-order valence-corrected chi connectivity index (χ4v) is 3.18. The molecule has 2 aromatic rings. The molecule has 108 valence electrons. The predicted molar refractivity (Wildman–Crippen MR) is 80.5 cm³/mol. The van der Waals surface area contributed by atoms with Gasteiger partial charge in [0, 0.05) is 20.3 Å². The van der Waals surface area contributed by atoms with Crippen LogP contribution in [0.3, 0.4) is 0 Å². The van der Waals surface area contributed by atoms with Gasteiger partial charge in [0.1, 0.15) is 10.7 Å². The molecule has 0 bridgehead atoms. The number of rotatable bonds is 4. The van der Waals surface area contributed by atoms with Crippen molar-refractivity contribution in [2.75, 3.05) is 23.7 Å². The van der Waals surface area contributed by atoms with Gasteiger partial charge in [-0.3, -0.25) is 4.31 Å². The van der Waals surface area contributed by atoms with Crippen LogP contribution >= 0.6 is 0 Å². The zero-order valence-corrected chi connectivity index (χ0v) is 12.4. The van der Waals surface area contributed by atoms with Crippen molar-refractivity contribution in [2.24, 2.45) is 0 Å². The Labute approximate surface area is 123 Å². The first-order chi connectivity index (χ1) is 10.0. The van der Waals surface area contributed by atoms with Gasteiger partial charge in [0.25, 0.3) is 10.0 Å². The van der Waals surface area contributed by atoms with E-state index in [1.165, 1.54) is 25.4 Å². The maximum Gasteiger partial charge on any atom is 0.267 e. The predicted octanol–water partition coefficient (Wildman–Crippen LogP) is 1.82. The molecule has 1 aromatic heterocycles. The van der Waals surface area contributed by atoms with Crippen molar-refractivity contribution in [2.45, 2.75) is 4.90 Å². The molecule has 1 aromatic carbocycles. The minimum absolute atomic E-state index is 0.0809. The van der Waals surface area contributed by atoms with Crippen molar-refractivity contribution in [3.63, 3.8) is 0 Å². The molecule has 0 atom stereocenters. The smallest absolute Gasteiger partial charge is 0.267 e. The number of hydrogen-bond acceptors (Lipinski definition) is 5. The van der Waals surface area contributed by atoms with Gasteiger partial charge in [0.05, 0.1) is 17.3 Å². The lowest BCUT2D eigenvalue weighted by Gasteiger charge is -2.20. The summed E-state index contributed by atoms with van der Waals surface area (Å²) in [6, 6.07) is 11.5. The summed E-state index contributed by atoms with van der Waals surface area (Å²) in [5.74, 6) is 0.279. The van der Waals surface area contributed by atoms with Crippen LogP contribution in [0, 0.1) is 11.3 Å². The summed E-state index contributed by atoms with van der Waals surface area (Å²) in [7, 11) is -0.709. The van der Waals surface area contributed by atoms with Gasteiger partial charge in [-0.15, -0.1) is 0 Å². The fourth-order valence-electron chi connectivity index (χ4n) is 1.84. The van der Waals surface area contributed by atoms with E-state index in [-0.39, 0.29) is 10.7 Å². The quantitative estimate of drug-likeness (QED) is 0.931. The average molecular weight is 302 g/mol. The molecule has 1 heterocycles. The zero-order valence-electron chi connectivity index (χ0n) is 11.6. The number of nitrogens with one attached hydrogen (secondary N) is 1. The molecular formula is C14H14N4O2S. The van der Waals surface area contributed by atoms with Crippen molar-refractivity contribution < 1.29 is 8.42 Å². The summed E-state index contributed by atoms with van der Waals surface area (Å²) in [4.78, 5) is 4.08. The first-order valence-electron chi connectivity index (χ1n) is 6.12. The summed E-state index contributed by atoms with van der Waals surface area (Å²) in [5.41, 5.74) is 0.814. The molecule has 0 fully saturated rings. The second-order valence-corrected chi connectivity index (χ2v) is 6.17. The van der Waals surface area contributed by atoms with E-state index in [0.717, 1.165) is 4.31 Å². The number of nitrogens with zero attached hydrogens (tertiary/aromatic N) is 3. The summed E-state index contributed by atoms with van der Waals surface area (Å²) in [6.07, 6.45) is 1.52. The van der Waals surface area contributed by atoms with Gasteiger partial charge >= 0.3 is 0 Å². The number of pyridine rings is 1. The molecule has 0 amide bonds. The third-order valence-electron chi connectivity index (χ3n) is 2.98. The van der Waals surface area contributed by atoms with E-state index in [9.17, 15) is 8.42 Å². The number of aromatic nitrogens is 1. The number of hydrogen-bond donors (Lipinski definition) is 1. The Bertz CT molecular complexity index is 797. The molecule has 0 saturated heterocycles. The Kier molecular flexibility index (Phi) is 4.10. The molecule has 1 N–H and O–H groups in total. The highest BCUT2D eigenvalue weighted by Gasteiger charge is 2.24. The molecule has 0 unspecified atom stereocenters. The molecule has 21 heavy (non-hydrogen) atoms. The van der Waals surface area contributed by atoms with Crippen LogP contribution in [-0.2, 0) is 10.0 Å². The van der Waals surface area contributed by atoms with Crippen LogP contribution in [0.5, 0.6) is 0 Å². The van der Waals surface area contributed by atoms with Gasteiger partial charge in [0.2, 0.25) is 0 Å². The van der Waals surface area contributed by atoms with Gasteiger partial charge in [0.15, 0.2) is 0 Å². The molecule has 0 aliphatic rings. The molecule has 2 rings (SSSR count). The lowest BCUT2D eigenvalue weighted by atomic mass is 10.2. The van der Waals surface area contributed by atoms with Crippen LogP contribution in [0.2, 0.25) is 0 Å². The van der Waals surface area contributed by atoms with E-state index in [1.807, 2.05) is 6.07 Å². The largest absolute Gasteiger partial charge is 0.372 e. The van der Waals surface area contributed by atoms with Crippen LogP contribution in [0.25, 0.3) is 0 Å². The highest BCUT2D eigenvalue weighted by atomic mass is 32.2. The van der Waals surface area contributed by atoms with E-state index in [4.69, 9.17) is 5.26 Å². The van der Waals surface area contributed by atoms with Gasteiger partial charge in [-0.05, 0) is 30.3 Å². The minimum atomic E-state index is -3.76. The SMILES string of the molecule is CNc1ncccc1S(=O)(=O)N(C)c1cccc(C#N)c1. The van der Waals surface area contributed by atoms with Crippen LogP contribution in [0.1, 0.15) is 5.56 Å². The van der Waals surface area contributed by atoms with E-state index >= 15 is 0 Å². The van der Waals surface area contributed by atoms with Crippen molar-refractivity contribution in [1.82, 2.24) is 4.98 Å². The van der Waals surface area contributed by atoms with Gasteiger partial charge in [-0.25, -0.2) is 13.4 Å². The van der Waals surface area contributed by atoms with E-state index in [2.05, 4.69) is 10.3 Å². The third kappa shape index (κ3) is 2.80. The van der Waals surface area contributed by atoms with Gasteiger partial charge in [-0.1, -0.05) is 6.07 Å². The Balaban J connectivity index is 2.50. The second kappa shape index (κ2) is 5.81. The maximum absolute atomic E-state index is 12.7. The molecule has 0 radical (unpaired) electrons. The van der Waals surface area contributed by atoms with Crippen LogP contribution < -0.4 is 9.62 Å². The summed E-state index contributed by atoms with van der Waals surface area (Å²) in [5, 5.41) is 11.7. The maximum atomic E-state index is 12.7. The first-order valence-corrected chi connectivity index (χ1v) is 7.56. The summed E-state index contributed by atoms with van der Waals surface area (Å²) < 4.78 is 26.5. The van der Waals surface area contributed by atoms with Crippen molar-refractivity contribution in [3.05, 3.63) is 48.2 Å². The molecule has 0 spiro atoms. The molecule has 6 nitrogen and oxygen atoms in total. The third-order valence-corrected chi connectivity index (χ3v) is 4.80. The molecule has 0 aliphatic heterocycles.